The zero-order chi connectivity index (χ0) is 38.3. The first-order valence-corrected chi connectivity index (χ1v) is 19.4. The van der Waals surface area contributed by atoms with Gasteiger partial charge in [-0.1, -0.05) is 111 Å². The first kappa shape index (κ1) is 32.9. The van der Waals surface area contributed by atoms with Gasteiger partial charge in [-0.15, -0.1) is 0 Å². The van der Waals surface area contributed by atoms with E-state index in [1.54, 1.807) is 6.20 Å². The number of hydrogen-bond donors (Lipinski definition) is 0. The monoisotopic (exact) mass is 728 g/mol. The Balaban J connectivity index is 1.02. The molecule has 0 fully saturated rings. The van der Waals surface area contributed by atoms with Crippen molar-refractivity contribution in [1.82, 2.24) is 9.55 Å². The minimum atomic E-state index is -0.242. The van der Waals surface area contributed by atoms with Crippen LogP contribution in [0, 0.1) is 6.57 Å². The Hall–Kier alpha value is -7.48. The van der Waals surface area contributed by atoms with Crippen LogP contribution >= 0.6 is 0 Å². The highest BCUT2D eigenvalue weighted by Crippen LogP contribution is 2.52. The molecule has 0 radical (unpaired) electrons. The fourth-order valence-electron chi connectivity index (χ4n) is 9.29. The van der Waals surface area contributed by atoms with Crippen LogP contribution in [0.1, 0.15) is 25.0 Å². The van der Waals surface area contributed by atoms with Crippen LogP contribution in [0.4, 0.5) is 22.7 Å². The normalized spacial score (nSPS) is 12.9. The predicted octanol–water partition coefficient (Wildman–Crippen LogP) is 14.4. The molecule has 0 unspecified atom stereocenters. The van der Waals surface area contributed by atoms with Gasteiger partial charge in [-0.25, -0.2) is 4.85 Å². The molecule has 57 heavy (non-hydrogen) atoms. The van der Waals surface area contributed by atoms with E-state index >= 15 is 0 Å². The number of nitrogens with zero attached hydrogens (tertiary/aromatic N) is 4. The van der Waals surface area contributed by atoms with Gasteiger partial charge in [0.25, 0.3) is 0 Å². The van der Waals surface area contributed by atoms with E-state index in [1.165, 1.54) is 71.6 Å². The number of rotatable bonds is 6. The highest BCUT2D eigenvalue weighted by Gasteiger charge is 2.36. The second-order valence-corrected chi connectivity index (χ2v) is 15.5. The SMILES string of the molecule is [C-]#[N+]c1ccc(N(c2ccc(-c3cccnc3)cc2)c2ccc3c(c2)C(C)(C)c2cc(-c4ccc5c6c4ccc4cccc(c46)n5-c4ccccc4)ccc2-3)cc1. The fourth-order valence-corrected chi connectivity index (χ4v) is 9.29. The molecule has 1 aliphatic carbocycles. The van der Waals surface area contributed by atoms with Gasteiger partial charge < -0.3 is 9.47 Å². The van der Waals surface area contributed by atoms with E-state index in [-0.39, 0.29) is 5.41 Å². The molecule has 11 rings (SSSR count). The van der Waals surface area contributed by atoms with Crippen LogP contribution < -0.4 is 4.90 Å². The lowest BCUT2D eigenvalue weighted by atomic mass is 9.81. The molecule has 0 atom stereocenters. The summed E-state index contributed by atoms with van der Waals surface area (Å²) in [6.07, 6.45) is 3.70. The quantitative estimate of drug-likeness (QED) is 0.126. The van der Waals surface area contributed by atoms with Crippen LogP contribution in [0.5, 0.6) is 0 Å². The molecule has 4 nitrogen and oxygen atoms in total. The Labute approximate surface area is 331 Å². The summed E-state index contributed by atoms with van der Waals surface area (Å²) >= 11 is 0. The third-order valence-electron chi connectivity index (χ3n) is 12.1. The lowest BCUT2D eigenvalue weighted by molar-refractivity contribution is 0.660. The van der Waals surface area contributed by atoms with Gasteiger partial charge in [0.1, 0.15) is 0 Å². The summed E-state index contributed by atoms with van der Waals surface area (Å²) in [5.74, 6) is 0. The van der Waals surface area contributed by atoms with Gasteiger partial charge in [0, 0.05) is 51.3 Å². The van der Waals surface area contributed by atoms with E-state index in [0.717, 1.165) is 28.2 Å². The molecule has 2 aromatic heterocycles. The van der Waals surface area contributed by atoms with Crippen LogP contribution in [-0.2, 0) is 5.41 Å². The number of benzene rings is 8. The van der Waals surface area contributed by atoms with E-state index in [1.807, 2.05) is 36.5 Å². The summed E-state index contributed by atoms with van der Waals surface area (Å²) < 4.78 is 2.41. The summed E-state index contributed by atoms with van der Waals surface area (Å²) in [5.41, 5.74) is 17.0. The molecule has 268 valence electrons. The maximum absolute atomic E-state index is 7.54. The maximum atomic E-state index is 7.54. The van der Waals surface area contributed by atoms with Crippen molar-refractivity contribution in [3.8, 4) is 39.1 Å². The number of para-hydroxylation sites is 1. The Morgan fingerprint density at radius 3 is 1.98 bits per heavy atom. The number of fused-ring (bicyclic) bond motifs is 3. The van der Waals surface area contributed by atoms with Gasteiger partial charge >= 0.3 is 0 Å². The minimum absolute atomic E-state index is 0.242. The van der Waals surface area contributed by atoms with Crippen molar-refractivity contribution < 1.29 is 0 Å². The van der Waals surface area contributed by atoms with Crippen molar-refractivity contribution in [2.24, 2.45) is 0 Å². The predicted molar refractivity (Wildman–Crippen MR) is 237 cm³/mol. The molecule has 0 saturated carbocycles. The van der Waals surface area contributed by atoms with Crippen molar-refractivity contribution in [2.75, 3.05) is 4.90 Å². The highest BCUT2D eigenvalue weighted by atomic mass is 15.1. The summed E-state index contributed by atoms with van der Waals surface area (Å²) in [4.78, 5) is 10.3. The minimum Gasteiger partial charge on any atom is -0.311 e. The molecule has 0 aliphatic heterocycles. The van der Waals surface area contributed by atoms with Crippen LogP contribution in [0.25, 0.3) is 76.5 Å². The van der Waals surface area contributed by atoms with Gasteiger partial charge in [-0.05, 0) is 128 Å². The average Bonchev–Trinajstić information content (AvgIpc) is 3.73. The third kappa shape index (κ3) is 5.03. The summed E-state index contributed by atoms with van der Waals surface area (Å²) in [6.45, 7) is 12.3. The molecule has 0 N–H and O–H groups in total. The van der Waals surface area contributed by atoms with Crippen LogP contribution in [0.15, 0.2) is 182 Å². The van der Waals surface area contributed by atoms with Gasteiger partial charge in [0.05, 0.1) is 17.6 Å². The average molecular weight is 729 g/mol. The van der Waals surface area contributed by atoms with Crippen LogP contribution in [-0.4, -0.2) is 9.55 Å². The molecule has 0 spiro atoms. The topological polar surface area (TPSA) is 25.4 Å². The van der Waals surface area contributed by atoms with Crippen molar-refractivity contribution in [1.29, 1.82) is 0 Å². The molecule has 0 saturated heterocycles. The van der Waals surface area contributed by atoms with Crippen molar-refractivity contribution >= 4 is 55.3 Å². The zero-order valence-corrected chi connectivity index (χ0v) is 31.6. The van der Waals surface area contributed by atoms with E-state index < -0.39 is 0 Å². The Morgan fingerprint density at radius 2 is 1.23 bits per heavy atom. The lowest BCUT2D eigenvalue weighted by Gasteiger charge is -2.28. The standard InChI is InChI=1S/C53H36N4/c1-53(2)47-31-36(43-28-29-50-52-46(43)26-16-35-9-7-13-49(51(35)52)57(50)39-11-5-4-6-12-39)17-25-44(47)45-27-24-42(32-48(45)53)56(41-22-18-38(54-3)19-23-41)40-20-14-34(15-21-40)37-10-8-30-55-33-37/h4-33H,1-2H3. The molecule has 0 bridgehead atoms. The fraction of sp³-hybridized carbons (Fsp3) is 0.0566. The van der Waals surface area contributed by atoms with E-state index in [0.29, 0.717) is 5.69 Å². The molecular weight excluding hydrogens is 693 g/mol. The van der Waals surface area contributed by atoms with Gasteiger partial charge in [-0.3, -0.25) is 4.98 Å². The first-order valence-electron chi connectivity index (χ1n) is 19.4. The smallest absolute Gasteiger partial charge is 0.187 e. The number of aromatic nitrogens is 2. The molecule has 4 heteroatoms. The second kappa shape index (κ2) is 12.5. The summed E-state index contributed by atoms with van der Waals surface area (Å²) in [6, 6.07) is 61.1. The van der Waals surface area contributed by atoms with Crippen molar-refractivity contribution in [3.05, 3.63) is 205 Å². The largest absolute Gasteiger partial charge is 0.311 e. The van der Waals surface area contributed by atoms with Gasteiger partial charge in [-0.2, -0.15) is 0 Å². The second-order valence-electron chi connectivity index (χ2n) is 15.5. The zero-order valence-electron chi connectivity index (χ0n) is 31.6. The molecular formula is C53H36N4. The Bertz CT molecular complexity index is 3190. The summed E-state index contributed by atoms with van der Waals surface area (Å²) in [5, 5.41) is 5.17. The van der Waals surface area contributed by atoms with Crippen molar-refractivity contribution in [2.45, 2.75) is 19.3 Å². The Kier molecular flexibility index (Phi) is 7.23. The van der Waals surface area contributed by atoms with E-state index in [9.17, 15) is 0 Å². The Morgan fingerprint density at radius 1 is 0.544 bits per heavy atom. The van der Waals surface area contributed by atoms with Gasteiger partial charge in [0.2, 0.25) is 0 Å². The highest BCUT2D eigenvalue weighted by molar-refractivity contribution is 6.26. The molecule has 1 aliphatic rings. The first-order chi connectivity index (χ1) is 28.0. The third-order valence-corrected chi connectivity index (χ3v) is 12.1. The molecule has 0 amide bonds. The number of hydrogen-bond acceptors (Lipinski definition) is 2. The number of anilines is 3. The maximum Gasteiger partial charge on any atom is 0.187 e. The lowest BCUT2D eigenvalue weighted by Crippen LogP contribution is -2.16. The van der Waals surface area contributed by atoms with E-state index in [4.69, 9.17) is 6.57 Å². The number of pyridine rings is 1. The van der Waals surface area contributed by atoms with Crippen LogP contribution in [0.3, 0.4) is 0 Å². The van der Waals surface area contributed by atoms with Crippen molar-refractivity contribution in [3.63, 3.8) is 0 Å². The summed E-state index contributed by atoms with van der Waals surface area (Å²) in [7, 11) is 0. The molecule has 8 aromatic carbocycles. The van der Waals surface area contributed by atoms with E-state index in [2.05, 4.69) is 173 Å². The molecule has 2 heterocycles. The van der Waals surface area contributed by atoms with Crippen LogP contribution in [0.2, 0.25) is 0 Å². The van der Waals surface area contributed by atoms with Gasteiger partial charge in [0.15, 0.2) is 5.69 Å². The molecule has 10 aromatic rings.